The van der Waals surface area contributed by atoms with Gasteiger partial charge in [0, 0.05) is 18.0 Å². The molecule has 0 radical (unpaired) electrons. The van der Waals surface area contributed by atoms with Gasteiger partial charge in [-0.05, 0) is 47.1 Å². The Bertz CT molecular complexity index is 958. The zero-order chi connectivity index (χ0) is 27.6. The Morgan fingerprint density at radius 2 is 1.72 bits per heavy atom. The minimum absolute atomic E-state index is 0.0906. The van der Waals surface area contributed by atoms with E-state index >= 15 is 0 Å². The number of alkyl carbamates (subject to hydrolysis) is 1. The molecule has 200 valence electrons. The number of amides is 4. The molecule has 4 amide bonds. The molecule has 0 aliphatic rings. The number of ether oxygens (including phenoxy) is 2. The molecule has 12 nitrogen and oxygen atoms in total. The van der Waals surface area contributed by atoms with Gasteiger partial charge in [0.1, 0.15) is 30.0 Å². The van der Waals surface area contributed by atoms with Crippen molar-refractivity contribution < 1.29 is 38.6 Å². The highest BCUT2D eigenvalue weighted by molar-refractivity contribution is 5.94. The third kappa shape index (κ3) is 9.43. The first kappa shape index (κ1) is 30.2. The van der Waals surface area contributed by atoms with Crippen molar-refractivity contribution >= 4 is 29.8 Å². The lowest BCUT2D eigenvalue weighted by atomic mass is 9.99. The van der Waals surface area contributed by atoms with E-state index in [1.165, 1.54) is 12.1 Å². The lowest BCUT2D eigenvalue weighted by Gasteiger charge is -2.37. The van der Waals surface area contributed by atoms with Gasteiger partial charge < -0.3 is 35.8 Å². The average Bonchev–Trinajstić information content (AvgIpc) is 2.76. The highest BCUT2D eigenvalue weighted by atomic mass is 16.6. The van der Waals surface area contributed by atoms with Gasteiger partial charge in [0.25, 0.3) is 0 Å². The van der Waals surface area contributed by atoms with Crippen molar-refractivity contribution in [3.63, 3.8) is 0 Å². The van der Waals surface area contributed by atoms with Crippen molar-refractivity contribution in [2.45, 2.75) is 71.2 Å². The van der Waals surface area contributed by atoms with Crippen LogP contribution in [0.2, 0.25) is 0 Å². The molecule has 0 saturated carbocycles. The normalized spacial score (nSPS) is 12.8. The van der Waals surface area contributed by atoms with E-state index in [-0.39, 0.29) is 24.2 Å². The van der Waals surface area contributed by atoms with Gasteiger partial charge in [0.15, 0.2) is 0 Å². The van der Waals surface area contributed by atoms with Crippen LogP contribution in [-0.2, 0) is 28.7 Å². The molecule has 0 spiro atoms. The number of nitrogens with two attached hydrogens (primary N) is 1. The molecule has 36 heavy (non-hydrogen) atoms. The number of esters is 1. The van der Waals surface area contributed by atoms with Crippen LogP contribution in [0.3, 0.4) is 0 Å². The van der Waals surface area contributed by atoms with E-state index < -0.39 is 60.1 Å². The average molecular weight is 509 g/mol. The van der Waals surface area contributed by atoms with E-state index in [1.807, 2.05) is 0 Å². The van der Waals surface area contributed by atoms with Crippen LogP contribution in [0.4, 0.5) is 4.79 Å². The minimum atomic E-state index is -1.39. The lowest BCUT2D eigenvalue weighted by molar-refractivity contribution is -0.146. The summed E-state index contributed by atoms with van der Waals surface area (Å²) in [7, 11) is 1.16. The topological polar surface area (TPSA) is 177 Å². The predicted octanol–water partition coefficient (Wildman–Crippen LogP) is 1.12. The van der Waals surface area contributed by atoms with Crippen molar-refractivity contribution in [2.24, 2.45) is 5.73 Å². The molecule has 0 fully saturated rings. The number of primary amides is 1. The highest BCUT2D eigenvalue weighted by Gasteiger charge is 2.39. The van der Waals surface area contributed by atoms with Crippen LogP contribution >= 0.6 is 0 Å². The van der Waals surface area contributed by atoms with Gasteiger partial charge in [-0.1, -0.05) is 18.2 Å². The van der Waals surface area contributed by atoms with Crippen molar-refractivity contribution in [1.82, 2.24) is 15.5 Å². The fourth-order valence-corrected chi connectivity index (χ4v) is 3.32. The largest absolute Gasteiger partial charge is 0.508 e. The molecule has 1 aromatic rings. The van der Waals surface area contributed by atoms with Gasteiger partial charge in [-0.3, -0.25) is 19.2 Å². The summed E-state index contributed by atoms with van der Waals surface area (Å²) >= 11 is 0. The maximum Gasteiger partial charge on any atom is 0.408 e. The summed E-state index contributed by atoms with van der Waals surface area (Å²) in [5.74, 6) is -3.16. The van der Waals surface area contributed by atoms with Crippen LogP contribution in [0, 0.1) is 0 Å². The van der Waals surface area contributed by atoms with E-state index in [0.29, 0.717) is 0 Å². The quantitative estimate of drug-likeness (QED) is 0.321. The molecule has 0 saturated heterocycles. The number of nitrogens with one attached hydrogen (secondary N) is 2. The molecular weight excluding hydrogens is 472 g/mol. The maximum atomic E-state index is 13.8. The predicted molar refractivity (Wildman–Crippen MR) is 129 cm³/mol. The van der Waals surface area contributed by atoms with E-state index in [4.69, 9.17) is 10.5 Å². The van der Waals surface area contributed by atoms with Crippen LogP contribution in [0.25, 0.3) is 0 Å². The Balaban J connectivity index is 3.47. The number of rotatable bonds is 11. The minimum Gasteiger partial charge on any atom is -0.508 e. The van der Waals surface area contributed by atoms with Gasteiger partial charge in [-0.2, -0.15) is 0 Å². The first-order chi connectivity index (χ1) is 16.7. The second kappa shape index (κ2) is 13.3. The molecule has 0 aliphatic carbocycles. The molecule has 0 bridgehead atoms. The zero-order valence-corrected chi connectivity index (χ0v) is 21.5. The summed E-state index contributed by atoms with van der Waals surface area (Å²) in [4.78, 5) is 63.7. The van der Waals surface area contributed by atoms with Crippen LogP contribution in [0.5, 0.6) is 5.75 Å². The fourth-order valence-electron chi connectivity index (χ4n) is 3.32. The van der Waals surface area contributed by atoms with Crippen LogP contribution < -0.4 is 16.4 Å². The number of carbonyl (C=O) groups excluding carboxylic acids is 5. The number of methoxy groups -OCH3 is 1. The lowest BCUT2D eigenvalue weighted by Crippen LogP contribution is -2.55. The Kier molecular flexibility index (Phi) is 11.2. The zero-order valence-electron chi connectivity index (χ0n) is 21.5. The Hall–Kier alpha value is -3.83. The maximum absolute atomic E-state index is 13.8. The molecule has 1 aromatic carbocycles. The summed E-state index contributed by atoms with van der Waals surface area (Å²) < 4.78 is 9.80. The Morgan fingerprint density at radius 3 is 2.22 bits per heavy atom. The van der Waals surface area contributed by atoms with Crippen molar-refractivity contribution in [3.8, 4) is 5.75 Å². The molecule has 2 unspecified atom stereocenters. The van der Waals surface area contributed by atoms with Gasteiger partial charge in [-0.15, -0.1) is 0 Å². The first-order valence-electron chi connectivity index (χ1n) is 11.4. The number of benzene rings is 1. The molecule has 0 aromatic heterocycles. The summed E-state index contributed by atoms with van der Waals surface area (Å²) in [5.41, 5.74) is 4.50. The molecule has 1 rings (SSSR count). The fraction of sp³-hybridized carbons (Fsp3) is 0.542. The number of hydrogen-bond donors (Lipinski definition) is 4. The number of nitrogens with zero attached hydrogens (tertiary/aromatic N) is 1. The van der Waals surface area contributed by atoms with Crippen LogP contribution in [0.15, 0.2) is 24.3 Å². The van der Waals surface area contributed by atoms with Crippen molar-refractivity contribution in [3.05, 3.63) is 29.8 Å². The summed E-state index contributed by atoms with van der Waals surface area (Å²) in [6, 6.07) is 2.63. The second-order valence-corrected chi connectivity index (χ2v) is 9.30. The number of para-hydroxylation sites is 1. The first-order valence-corrected chi connectivity index (χ1v) is 11.4. The molecule has 2 atom stereocenters. The molecule has 5 N–H and O–H groups in total. The van der Waals surface area contributed by atoms with Gasteiger partial charge >= 0.3 is 12.1 Å². The number of carbonyl (C=O) groups is 5. The smallest absolute Gasteiger partial charge is 0.408 e. The number of aromatic hydroxyl groups is 1. The van der Waals surface area contributed by atoms with Gasteiger partial charge in [-0.25, -0.2) is 4.79 Å². The van der Waals surface area contributed by atoms with Crippen LogP contribution in [0.1, 0.15) is 59.1 Å². The third-order valence-electron chi connectivity index (χ3n) is 4.87. The van der Waals surface area contributed by atoms with Crippen LogP contribution in [-0.4, -0.2) is 71.1 Å². The summed E-state index contributed by atoms with van der Waals surface area (Å²) in [6.45, 7) is 7.74. The monoisotopic (exact) mass is 508 g/mol. The second-order valence-electron chi connectivity index (χ2n) is 9.30. The van der Waals surface area contributed by atoms with Gasteiger partial charge in [0.05, 0.1) is 7.11 Å². The SMILES string of the molecule is COC(=O)CNC(=O)C(c1ccccc1O)N(C(=O)C(CCC(N)=O)NC(=O)OC(C)(C)C)C(C)C. The summed E-state index contributed by atoms with van der Waals surface area (Å²) in [5, 5.41) is 15.4. The van der Waals surface area contributed by atoms with Crippen molar-refractivity contribution in [2.75, 3.05) is 13.7 Å². The Labute approximate surface area is 210 Å². The third-order valence-corrected chi connectivity index (χ3v) is 4.87. The molecule has 0 aliphatic heterocycles. The summed E-state index contributed by atoms with van der Waals surface area (Å²) in [6.07, 6.45) is -1.29. The van der Waals surface area contributed by atoms with Gasteiger partial charge in [0.2, 0.25) is 17.7 Å². The van der Waals surface area contributed by atoms with E-state index in [9.17, 15) is 29.1 Å². The Morgan fingerprint density at radius 1 is 1.11 bits per heavy atom. The van der Waals surface area contributed by atoms with E-state index in [0.717, 1.165) is 12.0 Å². The number of phenolic OH excluding ortho intramolecular Hbond substituents is 1. The van der Waals surface area contributed by atoms with E-state index in [2.05, 4.69) is 15.4 Å². The molecule has 12 heteroatoms. The van der Waals surface area contributed by atoms with Crippen molar-refractivity contribution in [1.29, 1.82) is 0 Å². The number of phenols is 1. The molecule has 0 heterocycles. The number of hydrogen-bond acceptors (Lipinski definition) is 8. The van der Waals surface area contributed by atoms with E-state index in [1.54, 1.807) is 46.8 Å². The highest BCUT2D eigenvalue weighted by Crippen LogP contribution is 2.31. The molecular formula is C24H36N4O8. The standard InChI is InChI=1S/C24H36N4O8/c1-14(2)28(22(33)16(11-12-18(25)30)27-23(34)36-24(3,4)5)20(15-9-7-8-10-17(15)29)21(32)26-13-19(31)35-6/h7-10,14,16,20,29H,11-13H2,1-6H3,(H2,25,30)(H,26,32)(H,27,34).